The third kappa shape index (κ3) is 4.74. The minimum absolute atomic E-state index is 0.107. The van der Waals surface area contributed by atoms with Crippen molar-refractivity contribution < 1.29 is 8.42 Å². The lowest BCUT2D eigenvalue weighted by molar-refractivity contribution is 0.584. The van der Waals surface area contributed by atoms with Crippen molar-refractivity contribution in [2.45, 2.75) is 9.79 Å². The Bertz CT molecular complexity index is 706. The van der Waals surface area contributed by atoms with Crippen LogP contribution in [-0.2, 0) is 10.0 Å². The molecule has 0 aliphatic heterocycles. The van der Waals surface area contributed by atoms with Gasteiger partial charge in [-0.2, -0.15) is 0 Å². The smallest absolute Gasteiger partial charge is 0.242 e. The number of nitrogens with two attached hydrogens (primary N) is 1. The highest BCUT2D eigenvalue weighted by molar-refractivity contribution is 9.10. The van der Waals surface area contributed by atoms with Crippen LogP contribution in [0.4, 0.5) is 5.69 Å². The third-order valence-electron chi connectivity index (χ3n) is 2.67. The maximum Gasteiger partial charge on any atom is 0.242 e. The monoisotopic (exact) mass is 386 g/mol. The zero-order valence-corrected chi connectivity index (χ0v) is 14.3. The van der Waals surface area contributed by atoms with E-state index in [1.54, 1.807) is 23.9 Å². The molecular weight excluding hydrogens is 372 g/mol. The maximum atomic E-state index is 12.2. The number of rotatable bonds is 6. The Morgan fingerprint density at radius 1 is 1.14 bits per heavy atom. The second-order valence-electron chi connectivity index (χ2n) is 4.24. The molecule has 21 heavy (non-hydrogen) atoms. The molecule has 0 atom stereocenters. The number of nitrogens with one attached hydrogen (secondary N) is 1. The molecule has 0 bridgehead atoms. The first-order valence-electron chi connectivity index (χ1n) is 6.21. The van der Waals surface area contributed by atoms with Gasteiger partial charge in [0.1, 0.15) is 4.90 Å². The highest BCUT2D eigenvalue weighted by Gasteiger charge is 2.16. The van der Waals surface area contributed by atoms with Crippen molar-refractivity contribution in [1.29, 1.82) is 0 Å². The predicted molar refractivity (Wildman–Crippen MR) is 90.9 cm³/mol. The van der Waals surface area contributed by atoms with Crippen LogP contribution in [0, 0.1) is 0 Å². The Labute approximate surface area is 137 Å². The van der Waals surface area contributed by atoms with E-state index in [9.17, 15) is 8.42 Å². The molecule has 0 aliphatic carbocycles. The zero-order valence-electron chi connectivity index (χ0n) is 11.1. The van der Waals surface area contributed by atoms with E-state index in [0.717, 1.165) is 9.37 Å². The van der Waals surface area contributed by atoms with Gasteiger partial charge in [0.2, 0.25) is 10.0 Å². The van der Waals surface area contributed by atoms with Gasteiger partial charge >= 0.3 is 0 Å². The van der Waals surface area contributed by atoms with Crippen LogP contribution in [0.5, 0.6) is 0 Å². The summed E-state index contributed by atoms with van der Waals surface area (Å²) in [6, 6.07) is 14.6. The number of hydrogen-bond donors (Lipinski definition) is 2. The van der Waals surface area contributed by atoms with Gasteiger partial charge < -0.3 is 5.73 Å². The maximum absolute atomic E-state index is 12.2. The van der Waals surface area contributed by atoms with E-state index in [1.165, 1.54) is 6.07 Å². The van der Waals surface area contributed by atoms with Crippen LogP contribution in [0.15, 0.2) is 62.8 Å². The Kier molecular flexibility index (Phi) is 5.69. The molecule has 0 aliphatic rings. The topological polar surface area (TPSA) is 72.2 Å². The number of halogens is 1. The molecule has 0 unspecified atom stereocenters. The third-order valence-corrected chi connectivity index (χ3v) is 5.71. The molecule has 0 fully saturated rings. The molecule has 4 nitrogen and oxygen atoms in total. The van der Waals surface area contributed by atoms with Gasteiger partial charge in [0.25, 0.3) is 0 Å². The molecule has 2 aromatic carbocycles. The molecule has 0 radical (unpaired) electrons. The molecule has 0 amide bonds. The summed E-state index contributed by atoms with van der Waals surface area (Å²) < 4.78 is 27.6. The molecule has 7 heteroatoms. The molecule has 0 heterocycles. The first-order chi connectivity index (χ1) is 9.99. The minimum Gasteiger partial charge on any atom is -0.398 e. The van der Waals surface area contributed by atoms with Gasteiger partial charge in [0.15, 0.2) is 0 Å². The van der Waals surface area contributed by atoms with E-state index in [0.29, 0.717) is 12.3 Å². The van der Waals surface area contributed by atoms with E-state index in [-0.39, 0.29) is 10.6 Å². The van der Waals surface area contributed by atoms with E-state index < -0.39 is 10.0 Å². The Balaban J connectivity index is 1.92. The second kappa shape index (κ2) is 7.31. The first kappa shape index (κ1) is 16.4. The van der Waals surface area contributed by atoms with E-state index in [1.807, 2.05) is 30.3 Å². The van der Waals surface area contributed by atoms with Crippen LogP contribution in [0.2, 0.25) is 0 Å². The summed E-state index contributed by atoms with van der Waals surface area (Å²) in [5, 5.41) is 0. The van der Waals surface area contributed by atoms with E-state index >= 15 is 0 Å². The van der Waals surface area contributed by atoms with Gasteiger partial charge in [0, 0.05) is 21.7 Å². The summed E-state index contributed by atoms with van der Waals surface area (Å²) in [5.74, 6) is 0.652. The summed E-state index contributed by atoms with van der Waals surface area (Å²) in [6.07, 6.45) is 0. The van der Waals surface area contributed by atoms with Gasteiger partial charge in [0.05, 0.1) is 5.69 Å². The Hall–Kier alpha value is -1.02. The van der Waals surface area contributed by atoms with Gasteiger partial charge in [-0.1, -0.05) is 34.1 Å². The standard InChI is InChI=1S/C14H15BrN2O2S2/c15-11-6-7-14(13(16)10-11)21(18,19)17-8-9-20-12-4-2-1-3-5-12/h1-7,10,17H,8-9,16H2. The molecule has 0 saturated heterocycles. The highest BCUT2D eigenvalue weighted by atomic mass is 79.9. The predicted octanol–water partition coefficient (Wildman–Crippen LogP) is 3.10. The van der Waals surface area contributed by atoms with Crippen molar-refractivity contribution in [1.82, 2.24) is 4.72 Å². The molecule has 0 spiro atoms. The Morgan fingerprint density at radius 3 is 2.52 bits per heavy atom. The zero-order chi connectivity index (χ0) is 15.3. The average Bonchev–Trinajstić information content (AvgIpc) is 2.44. The van der Waals surface area contributed by atoms with Crippen molar-refractivity contribution in [2.75, 3.05) is 18.0 Å². The van der Waals surface area contributed by atoms with Gasteiger partial charge in [-0.3, -0.25) is 0 Å². The summed E-state index contributed by atoms with van der Waals surface area (Å²) in [7, 11) is -3.57. The fourth-order valence-corrected chi connectivity index (χ4v) is 4.14. The van der Waals surface area contributed by atoms with Gasteiger partial charge in [-0.15, -0.1) is 11.8 Å². The number of thioether (sulfide) groups is 1. The van der Waals surface area contributed by atoms with Crippen molar-refractivity contribution >= 4 is 43.4 Å². The molecule has 2 aromatic rings. The lowest BCUT2D eigenvalue weighted by Crippen LogP contribution is -2.26. The van der Waals surface area contributed by atoms with Crippen LogP contribution in [0.3, 0.4) is 0 Å². The normalized spacial score (nSPS) is 11.5. The first-order valence-corrected chi connectivity index (χ1v) is 9.48. The second-order valence-corrected chi connectivity index (χ2v) is 8.06. The van der Waals surface area contributed by atoms with E-state index in [4.69, 9.17) is 5.73 Å². The largest absolute Gasteiger partial charge is 0.398 e. The van der Waals surface area contributed by atoms with Crippen molar-refractivity contribution in [3.05, 3.63) is 53.0 Å². The fourth-order valence-electron chi connectivity index (χ4n) is 1.70. The number of benzene rings is 2. The number of sulfonamides is 1. The van der Waals surface area contributed by atoms with Gasteiger partial charge in [-0.05, 0) is 30.3 Å². The molecule has 0 aromatic heterocycles. The van der Waals surface area contributed by atoms with Crippen molar-refractivity contribution in [3.63, 3.8) is 0 Å². The summed E-state index contributed by atoms with van der Waals surface area (Å²) in [4.78, 5) is 1.22. The van der Waals surface area contributed by atoms with Crippen LogP contribution < -0.4 is 10.5 Å². The Morgan fingerprint density at radius 2 is 1.86 bits per heavy atom. The summed E-state index contributed by atoms with van der Waals surface area (Å²) in [5.41, 5.74) is 5.98. The van der Waals surface area contributed by atoms with Crippen LogP contribution in [0.1, 0.15) is 0 Å². The fraction of sp³-hybridized carbons (Fsp3) is 0.143. The van der Waals surface area contributed by atoms with Crippen LogP contribution >= 0.6 is 27.7 Å². The molecule has 3 N–H and O–H groups in total. The molecule has 2 rings (SSSR count). The number of nitrogen functional groups attached to an aromatic ring is 1. The SMILES string of the molecule is Nc1cc(Br)ccc1S(=O)(=O)NCCSc1ccccc1. The molecular formula is C14H15BrN2O2S2. The van der Waals surface area contributed by atoms with Crippen molar-refractivity contribution in [3.8, 4) is 0 Å². The lowest BCUT2D eigenvalue weighted by atomic mass is 10.3. The molecule has 0 saturated carbocycles. The summed E-state index contributed by atoms with van der Waals surface area (Å²) in [6.45, 7) is 0.345. The summed E-state index contributed by atoms with van der Waals surface area (Å²) >= 11 is 4.85. The van der Waals surface area contributed by atoms with Crippen molar-refractivity contribution in [2.24, 2.45) is 0 Å². The number of hydrogen-bond acceptors (Lipinski definition) is 4. The lowest BCUT2D eigenvalue weighted by Gasteiger charge is -2.09. The minimum atomic E-state index is -3.57. The highest BCUT2D eigenvalue weighted by Crippen LogP contribution is 2.22. The molecule has 112 valence electrons. The van der Waals surface area contributed by atoms with Gasteiger partial charge in [-0.25, -0.2) is 13.1 Å². The average molecular weight is 387 g/mol. The quantitative estimate of drug-likeness (QED) is 0.454. The van der Waals surface area contributed by atoms with E-state index in [2.05, 4.69) is 20.7 Å². The number of anilines is 1. The van der Waals surface area contributed by atoms with Crippen LogP contribution in [0.25, 0.3) is 0 Å². The van der Waals surface area contributed by atoms with Crippen LogP contribution in [-0.4, -0.2) is 20.7 Å².